The number of amides is 1. The first-order chi connectivity index (χ1) is 12.3. The molecule has 0 radical (unpaired) electrons. The monoisotopic (exact) mass is 341 g/mol. The second-order valence-corrected chi connectivity index (χ2v) is 5.84. The molecule has 0 saturated carbocycles. The first-order valence-corrected chi connectivity index (χ1v) is 8.49. The number of ether oxygens (including phenoxy) is 1. The highest BCUT2D eigenvalue weighted by molar-refractivity contribution is 5.93. The van der Waals surface area contributed by atoms with Crippen LogP contribution >= 0.6 is 0 Å². The lowest BCUT2D eigenvalue weighted by Crippen LogP contribution is -2.41. The number of hydrogen-bond acceptors (Lipinski definition) is 6. The van der Waals surface area contributed by atoms with E-state index in [1.54, 1.807) is 12.4 Å². The lowest BCUT2D eigenvalue weighted by molar-refractivity contribution is 0.0383. The minimum Gasteiger partial charge on any atom is -0.379 e. The number of benzene rings is 1. The predicted molar refractivity (Wildman–Crippen MR) is 95.4 cm³/mol. The average molecular weight is 341 g/mol. The van der Waals surface area contributed by atoms with Crippen LogP contribution in [0, 0.1) is 0 Å². The summed E-state index contributed by atoms with van der Waals surface area (Å²) in [7, 11) is 0. The van der Waals surface area contributed by atoms with Gasteiger partial charge in [-0.05, 0) is 5.56 Å². The van der Waals surface area contributed by atoms with Crippen molar-refractivity contribution in [2.75, 3.05) is 44.7 Å². The van der Waals surface area contributed by atoms with Crippen LogP contribution in [0.2, 0.25) is 0 Å². The van der Waals surface area contributed by atoms with Gasteiger partial charge in [-0.25, -0.2) is 9.97 Å². The molecule has 0 atom stereocenters. The Balaban J connectivity index is 1.42. The molecule has 0 aliphatic carbocycles. The van der Waals surface area contributed by atoms with E-state index >= 15 is 0 Å². The Hall–Kier alpha value is -2.51. The number of anilines is 1. The molecule has 7 heteroatoms. The Kier molecular flexibility index (Phi) is 6.30. The number of aromatic nitrogens is 2. The molecular weight excluding hydrogens is 318 g/mol. The molecule has 1 fully saturated rings. The van der Waals surface area contributed by atoms with Crippen LogP contribution < -0.4 is 10.6 Å². The van der Waals surface area contributed by atoms with Gasteiger partial charge in [0.2, 0.25) is 5.95 Å². The SMILES string of the molecule is O=C(NCCN1CCOCC1)c1cnc(NCc2ccccc2)nc1. The van der Waals surface area contributed by atoms with Crippen molar-refractivity contribution < 1.29 is 9.53 Å². The summed E-state index contributed by atoms with van der Waals surface area (Å²) >= 11 is 0. The summed E-state index contributed by atoms with van der Waals surface area (Å²) in [6.07, 6.45) is 3.09. The Labute approximate surface area is 147 Å². The molecule has 0 bridgehead atoms. The van der Waals surface area contributed by atoms with Gasteiger partial charge in [0.25, 0.3) is 5.91 Å². The first-order valence-electron chi connectivity index (χ1n) is 8.49. The maximum atomic E-state index is 12.1. The summed E-state index contributed by atoms with van der Waals surface area (Å²) in [5, 5.41) is 6.04. The van der Waals surface area contributed by atoms with Gasteiger partial charge in [0, 0.05) is 45.1 Å². The van der Waals surface area contributed by atoms with E-state index in [-0.39, 0.29) is 5.91 Å². The molecule has 3 rings (SSSR count). The standard InChI is InChI=1S/C18H23N5O2/c24-17(19-6-7-23-8-10-25-11-9-23)16-13-21-18(22-14-16)20-12-15-4-2-1-3-5-15/h1-5,13-14H,6-12H2,(H,19,24)(H,20,21,22). The van der Waals surface area contributed by atoms with E-state index in [4.69, 9.17) is 4.74 Å². The van der Waals surface area contributed by atoms with Gasteiger partial charge < -0.3 is 15.4 Å². The Morgan fingerprint density at radius 2 is 1.84 bits per heavy atom. The van der Waals surface area contributed by atoms with E-state index in [0.29, 0.717) is 24.6 Å². The van der Waals surface area contributed by atoms with Crippen LogP contribution in [0.3, 0.4) is 0 Å². The summed E-state index contributed by atoms with van der Waals surface area (Å²) in [6.45, 7) is 5.44. The van der Waals surface area contributed by atoms with E-state index in [1.165, 1.54) is 0 Å². The smallest absolute Gasteiger partial charge is 0.254 e. The fourth-order valence-electron chi connectivity index (χ4n) is 2.57. The molecule has 1 amide bonds. The number of carbonyl (C=O) groups excluding carboxylic acids is 1. The minimum absolute atomic E-state index is 0.150. The van der Waals surface area contributed by atoms with E-state index in [9.17, 15) is 4.79 Å². The van der Waals surface area contributed by atoms with Gasteiger partial charge in [-0.2, -0.15) is 0 Å². The summed E-state index contributed by atoms with van der Waals surface area (Å²) in [5.41, 5.74) is 1.61. The van der Waals surface area contributed by atoms with Crippen LogP contribution in [-0.4, -0.2) is 60.2 Å². The molecule has 0 unspecified atom stereocenters. The molecule has 1 aromatic heterocycles. The minimum atomic E-state index is -0.150. The number of hydrogen-bond donors (Lipinski definition) is 2. The molecule has 132 valence electrons. The van der Waals surface area contributed by atoms with Crippen molar-refractivity contribution in [1.29, 1.82) is 0 Å². The topological polar surface area (TPSA) is 79.4 Å². The summed E-state index contributed by atoms with van der Waals surface area (Å²) in [6, 6.07) is 10.0. The van der Waals surface area contributed by atoms with Gasteiger partial charge in [0.1, 0.15) is 0 Å². The van der Waals surface area contributed by atoms with Gasteiger partial charge in [-0.1, -0.05) is 30.3 Å². The van der Waals surface area contributed by atoms with Crippen molar-refractivity contribution >= 4 is 11.9 Å². The molecule has 1 aromatic carbocycles. The van der Waals surface area contributed by atoms with E-state index in [0.717, 1.165) is 38.4 Å². The third-order valence-electron chi connectivity index (χ3n) is 4.02. The fraction of sp³-hybridized carbons (Fsp3) is 0.389. The lowest BCUT2D eigenvalue weighted by Gasteiger charge is -2.26. The average Bonchev–Trinajstić information content (AvgIpc) is 2.68. The van der Waals surface area contributed by atoms with Crippen LogP contribution in [0.15, 0.2) is 42.7 Å². The third-order valence-corrected chi connectivity index (χ3v) is 4.02. The second-order valence-electron chi connectivity index (χ2n) is 5.84. The molecule has 2 N–H and O–H groups in total. The molecule has 1 aliphatic rings. The molecular formula is C18H23N5O2. The summed E-state index contributed by atoms with van der Waals surface area (Å²) < 4.78 is 5.30. The normalized spacial score (nSPS) is 14.9. The van der Waals surface area contributed by atoms with E-state index in [2.05, 4.69) is 25.5 Å². The van der Waals surface area contributed by atoms with Crippen molar-refractivity contribution in [3.8, 4) is 0 Å². The van der Waals surface area contributed by atoms with Gasteiger partial charge >= 0.3 is 0 Å². The number of rotatable bonds is 7. The highest BCUT2D eigenvalue weighted by Crippen LogP contribution is 2.04. The van der Waals surface area contributed by atoms with Crippen LogP contribution in [0.25, 0.3) is 0 Å². The zero-order valence-electron chi connectivity index (χ0n) is 14.1. The van der Waals surface area contributed by atoms with Crippen molar-refractivity contribution in [1.82, 2.24) is 20.2 Å². The van der Waals surface area contributed by atoms with Crippen molar-refractivity contribution in [2.45, 2.75) is 6.54 Å². The molecule has 0 spiro atoms. The molecule has 1 saturated heterocycles. The summed E-state index contributed by atoms with van der Waals surface area (Å²) in [4.78, 5) is 22.8. The zero-order chi connectivity index (χ0) is 17.3. The van der Waals surface area contributed by atoms with Gasteiger partial charge in [-0.15, -0.1) is 0 Å². The van der Waals surface area contributed by atoms with Crippen molar-refractivity contribution in [2.24, 2.45) is 0 Å². The molecule has 7 nitrogen and oxygen atoms in total. The van der Waals surface area contributed by atoms with Crippen molar-refractivity contribution in [3.63, 3.8) is 0 Å². The van der Waals surface area contributed by atoms with Crippen LogP contribution in [-0.2, 0) is 11.3 Å². The predicted octanol–water partition coefficient (Wildman–Crippen LogP) is 1.15. The zero-order valence-corrected chi connectivity index (χ0v) is 14.1. The maximum Gasteiger partial charge on any atom is 0.254 e. The molecule has 2 aromatic rings. The van der Waals surface area contributed by atoms with Gasteiger partial charge in [0.15, 0.2) is 0 Å². The van der Waals surface area contributed by atoms with Crippen molar-refractivity contribution in [3.05, 3.63) is 53.9 Å². The number of nitrogens with one attached hydrogen (secondary N) is 2. The fourth-order valence-corrected chi connectivity index (χ4v) is 2.57. The first kappa shape index (κ1) is 17.3. The van der Waals surface area contributed by atoms with E-state index in [1.807, 2.05) is 30.3 Å². The quantitative estimate of drug-likeness (QED) is 0.786. The summed E-state index contributed by atoms with van der Waals surface area (Å²) in [5.74, 6) is 0.358. The van der Waals surface area contributed by atoms with E-state index < -0.39 is 0 Å². The second kappa shape index (κ2) is 9.10. The number of nitrogens with zero attached hydrogens (tertiary/aromatic N) is 3. The highest BCUT2D eigenvalue weighted by Gasteiger charge is 2.11. The lowest BCUT2D eigenvalue weighted by atomic mass is 10.2. The molecule has 2 heterocycles. The van der Waals surface area contributed by atoms with Crippen LogP contribution in [0.1, 0.15) is 15.9 Å². The Morgan fingerprint density at radius 3 is 2.56 bits per heavy atom. The van der Waals surface area contributed by atoms with Gasteiger partial charge in [-0.3, -0.25) is 9.69 Å². The Bertz CT molecular complexity index is 657. The maximum absolute atomic E-state index is 12.1. The number of carbonyl (C=O) groups is 1. The molecule has 1 aliphatic heterocycles. The number of morpholine rings is 1. The third kappa shape index (κ3) is 5.51. The highest BCUT2D eigenvalue weighted by atomic mass is 16.5. The molecule has 25 heavy (non-hydrogen) atoms. The van der Waals surface area contributed by atoms with Crippen LogP contribution in [0.5, 0.6) is 0 Å². The largest absolute Gasteiger partial charge is 0.379 e. The van der Waals surface area contributed by atoms with Gasteiger partial charge in [0.05, 0.1) is 18.8 Å². The Morgan fingerprint density at radius 1 is 1.12 bits per heavy atom. The van der Waals surface area contributed by atoms with Crippen LogP contribution in [0.4, 0.5) is 5.95 Å².